The average Bonchev–Trinajstić information content (AvgIpc) is 2.75. The topological polar surface area (TPSA) is 131 Å². The van der Waals surface area contributed by atoms with Gasteiger partial charge in [0, 0.05) is 16.7 Å². The Labute approximate surface area is 180 Å². The number of halogens is 1. The standard InChI is InChI=1S/C21H14ClN3O6/c22-15-10-8-13(9-11-15)21(28)31-19-14(4-3-6-17(19)25(29)30)12-23-24-20(27)16-5-1-2-7-18(16)26/h1-12,26H,(H,24,27)/b23-12+. The lowest BCUT2D eigenvalue weighted by Crippen LogP contribution is -2.18. The number of nitro groups is 1. The summed E-state index contributed by atoms with van der Waals surface area (Å²) in [5.74, 6) is -2.10. The van der Waals surface area contributed by atoms with Crippen LogP contribution < -0.4 is 10.2 Å². The number of phenols is 1. The van der Waals surface area contributed by atoms with Crippen LogP contribution in [0.5, 0.6) is 11.5 Å². The monoisotopic (exact) mass is 439 g/mol. The molecule has 0 heterocycles. The van der Waals surface area contributed by atoms with E-state index in [1.54, 1.807) is 12.1 Å². The fraction of sp³-hybridized carbons (Fsp3) is 0. The zero-order chi connectivity index (χ0) is 22.4. The predicted octanol–water partition coefficient (Wildman–Crippen LogP) is 3.94. The number of amides is 1. The van der Waals surface area contributed by atoms with E-state index >= 15 is 0 Å². The van der Waals surface area contributed by atoms with Crippen molar-refractivity contribution in [2.75, 3.05) is 0 Å². The van der Waals surface area contributed by atoms with Crippen LogP contribution in [0, 0.1) is 10.1 Å². The zero-order valence-corrected chi connectivity index (χ0v) is 16.4. The second kappa shape index (κ2) is 9.51. The SMILES string of the molecule is O=C(Oc1c(/C=N/NC(=O)c2ccccc2O)cccc1[N+](=O)[O-])c1ccc(Cl)cc1. The van der Waals surface area contributed by atoms with E-state index < -0.39 is 22.5 Å². The van der Waals surface area contributed by atoms with Crippen molar-refractivity contribution in [2.24, 2.45) is 5.10 Å². The molecule has 3 rings (SSSR count). The Balaban J connectivity index is 1.85. The minimum absolute atomic E-state index is 0.00641. The fourth-order valence-electron chi connectivity index (χ4n) is 2.52. The first-order valence-electron chi connectivity index (χ1n) is 8.73. The van der Waals surface area contributed by atoms with Crippen molar-refractivity contribution in [1.29, 1.82) is 0 Å². The molecule has 31 heavy (non-hydrogen) atoms. The molecule has 0 spiro atoms. The number of hydrogen-bond acceptors (Lipinski definition) is 7. The maximum atomic E-state index is 12.4. The van der Waals surface area contributed by atoms with Crippen molar-refractivity contribution in [3.8, 4) is 11.5 Å². The van der Waals surface area contributed by atoms with Crippen LogP contribution in [-0.4, -0.2) is 28.1 Å². The van der Waals surface area contributed by atoms with Gasteiger partial charge in [-0.25, -0.2) is 10.2 Å². The molecule has 0 aliphatic carbocycles. The average molecular weight is 440 g/mol. The Morgan fingerprint density at radius 3 is 2.45 bits per heavy atom. The summed E-state index contributed by atoms with van der Waals surface area (Å²) in [5.41, 5.74) is 1.95. The molecule has 0 aliphatic heterocycles. The third-order valence-electron chi connectivity index (χ3n) is 4.01. The molecule has 0 bridgehead atoms. The number of nitrogens with one attached hydrogen (secondary N) is 1. The Morgan fingerprint density at radius 2 is 1.77 bits per heavy atom. The Hall–Kier alpha value is -4.24. The summed E-state index contributed by atoms with van der Waals surface area (Å²) < 4.78 is 5.26. The normalized spacial score (nSPS) is 10.6. The van der Waals surface area contributed by atoms with Crippen LogP contribution >= 0.6 is 11.6 Å². The van der Waals surface area contributed by atoms with Crippen molar-refractivity contribution in [1.82, 2.24) is 5.43 Å². The third-order valence-corrected chi connectivity index (χ3v) is 4.27. The highest BCUT2D eigenvalue weighted by Gasteiger charge is 2.22. The Morgan fingerprint density at radius 1 is 1.06 bits per heavy atom. The summed E-state index contributed by atoms with van der Waals surface area (Å²) in [5, 5.41) is 25.3. The van der Waals surface area contributed by atoms with Gasteiger partial charge in [-0.15, -0.1) is 0 Å². The molecular weight excluding hydrogens is 426 g/mol. The number of para-hydroxylation sites is 2. The van der Waals surface area contributed by atoms with E-state index in [9.17, 15) is 24.8 Å². The lowest BCUT2D eigenvalue weighted by molar-refractivity contribution is -0.385. The van der Waals surface area contributed by atoms with Gasteiger partial charge in [0.15, 0.2) is 0 Å². The van der Waals surface area contributed by atoms with E-state index in [0.717, 1.165) is 6.21 Å². The molecule has 0 aliphatic rings. The van der Waals surface area contributed by atoms with Gasteiger partial charge < -0.3 is 9.84 Å². The molecule has 0 fully saturated rings. The molecule has 3 aromatic rings. The number of hydrazone groups is 1. The summed E-state index contributed by atoms with van der Waals surface area (Å²) in [6.07, 6.45) is 1.09. The van der Waals surface area contributed by atoms with Crippen LogP contribution in [0.15, 0.2) is 71.8 Å². The van der Waals surface area contributed by atoms with Crippen LogP contribution in [0.4, 0.5) is 5.69 Å². The highest BCUT2D eigenvalue weighted by atomic mass is 35.5. The van der Waals surface area contributed by atoms with E-state index in [1.165, 1.54) is 54.6 Å². The van der Waals surface area contributed by atoms with Crippen LogP contribution in [0.25, 0.3) is 0 Å². The number of nitrogens with zero attached hydrogens (tertiary/aromatic N) is 2. The maximum Gasteiger partial charge on any atom is 0.343 e. The molecule has 0 saturated heterocycles. The van der Waals surface area contributed by atoms with Gasteiger partial charge in [-0.2, -0.15) is 5.10 Å². The van der Waals surface area contributed by atoms with Gasteiger partial charge in [-0.1, -0.05) is 29.8 Å². The lowest BCUT2D eigenvalue weighted by atomic mass is 10.2. The highest BCUT2D eigenvalue weighted by Crippen LogP contribution is 2.31. The molecule has 0 saturated carbocycles. The second-order valence-corrected chi connectivity index (χ2v) is 6.50. The predicted molar refractivity (Wildman–Crippen MR) is 113 cm³/mol. The summed E-state index contributed by atoms with van der Waals surface area (Å²) in [4.78, 5) is 35.2. The molecular formula is C21H14ClN3O6. The highest BCUT2D eigenvalue weighted by molar-refractivity contribution is 6.30. The fourth-order valence-corrected chi connectivity index (χ4v) is 2.65. The number of esters is 1. The van der Waals surface area contributed by atoms with Gasteiger partial charge in [-0.3, -0.25) is 14.9 Å². The van der Waals surface area contributed by atoms with E-state index in [0.29, 0.717) is 5.02 Å². The minimum Gasteiger partial charge on any atom is -0.507 e. The van der Waals surface area contributed by atoms with Gasteiger partial charge in [0.1, 0.15) is 5.75 Å². The van der Waals surface area contributed by atoms with Crippen molar-refractivity contribution in [2.45, 2.75) is 0 Å². The van der Waals surface area contributed by atoms with E-state index in [1.807, 2.05) is 0 Å². The summed E-state index contributed by atoms with van der Waals surface area (Å²) in [7, 11) is 0. The molecule has 1 amide bonds. The first-order chi connectivity index (χ1) is 14.9. The first-order valence-corrected chi connectivity index (χ1v) is 9.11. The summed E-state index contributed by atoms with van der Waals surface area (Å²) in [6, 6.07) is 15.6. The molecule has 0 aromatic heterocycles. The van der Waals surface area contributed by atoms with Gasteiger partial charge in [0.05, 0.1) is 22.3 Å². The van der Waals surface area contributed by atoms with Crippen molar-refractivity contribution in [3.05, 3.63) is 98.6 Å². The minimum atomic E-state index is -0.834. The van der Waals surface area contributed by atoms with Crippen LogP contribution in [-0.2, 0) is 0 Å². The van der Waals surface area contributed by atoms with Gasteiger partial charge in [0.2, 0.25) is 5.75 Å². The number of carbonyl (C=O) groups excluding carboxylic acids is 2. The lowest BCUT2D eigenvalue weighted by Gasteiger charge is -2.08. The van der Waals surface area contributed by atoms with Crippen molar-refractivity contribution in [3.63, 3.8) is 0 Å². The summed E-state index contributed by atoms with van der Waals surface area (Å²) >= 11 is 5.80. The van der Waals surface area contributed by atoms with Gasteiger partial charge in [0.25, 0.3) is 5.91 Å². The van der Waals surface area contributed by atoms with E-state index in [4.69, 9.17) is 16.3 Å². The smallest absolute Gasteiger partial charge is 0.343 e. The number of rotatable bonds is 6. The Kier molecular flexibility index (Phi) is 6.58. The van der Waals surface area contributed by atoms with Crippen molar-refractivity contribution < 1.29 is 24.4 Å². The molecule has 0 atom stereocenters. The van der Waals surface area contributed by atoms with E-state index in [-0.39, 0.29) is 28.2 Å². The number of nitro benzene ring substituents is 1. The first kappa shape index (κ1) is 21.5. The Bertz CT molecular complexity index is 1180. The summed E-state index contributed by atoms with van der Waals surface area (Å²) in [6.45, 7) is 0. The molecule has 3 aromatic carbocycles. The number of phenolic OH excluding ortho intramolecular Hbond substituents is 1. The van der Waals surface area contributed by atoms with Crippen LogP contribution in [0.3, 0.4) is 0 Å². The number of benzene rings is 3. The van der Waals surface area contributed by atoms with Crippen molar-refractivity contribution >= 4 is 35.4 Å². The van der Waals surface area contributed by atoms with E-state index in [2.05, 4.69) is 10.5 Å². The molecule has 0 unspecified atom stereocenters. The molecule has 2 N–H and O–H groups in total. The molecule has 0 radical (unpaired) electrons. The second-order valence-electron chi connectivity index (χ2n) is 6.07. The molecule has 10 heteroatoms. The zero-order valence-electron chi connectivity index (χ0n) is 15.7. The number of ether oxygens (including phenoxy) is 1. The quantitative estimate of drug-likeness (QED) is 0.196. The third kappa shape index (κ3) is 5.22. The van der Waals surface area contributed by atoms with Crippen LogP contribution in [0.2, 0.25) is 5.02 Å². The molecule has 156 valence electrons. The van der Waals surface area contributed by atoms with Gasteiger partial charge >= 0.3 is 11.7 Å². The number of aromatic hydroxyl groups is 1. The van der Waals surface area contributed by atoms with Gasteiger partial charge in [-0.05, 0) is 42.5 Å². The maximum absolute atomic E-state index is 12.4. The largest absolute Gasteiger partial charge is 0.507 e. The number of hydrogen-bond donors (Lipinski definition) is 2. The van der Waals surface area contributed by atoms with Crippen LogP contribution in [0.1, 0.15) is 26.3 Å². The molecule has 9 nitrogen and oxygen atoms in total. The number of carbonyl (C=O) groups is 2.